The average molecular weight is 294 g/mol. The van der Waals surface area contributed by atoms with Gasteiger partial charge in [-0.2, -0.15) is 9.36 Å². The number of benzene rings is 1. The summed E-state index contributed by atoms with van der Waals surface area (Å²) in [5.74, 6) is -0.100. The summed E-state index contributed by atoms with van der Waals surface area (Å²) in [6.07, 6.45) is 0. The minimum absolute atomic E-state index is 0.0339. The molecule has 0 aliphatic heterocycles. The molecule has 106 valence electrons. The molecule has 0 aliphatic carbocycles. The molecule has 0 N–H and O–H groups in total. The van der Waals surface area contributed by atoms with Crippen LogP contribution in [0.4, 0.5) is 4.39 Å². The number of ether oxygens (including phenoxy) is 1. The van der Waals surface area contributed by atoms with Crippen molar-refractivity contribution in [2.75, 3.05) is 0 Å². The summed E-state index contributed by atoms with van der Waals surface area (Å²) < 4.78 is 23.4. The van der Waals surface area contributed by atoms with Gasteiger partial charge in [-0.1, -0.05) is 20.8 Å². The zero-order chi connectivity index (χ0) is 14.9. The van der Waals surface area contributed by atoms with E-state index in [1.54, 1.807) is 0 Å². The Labute approximate surface area is 120 Å². The van der Waals surface area contributed by atoms with E-state index in [2.05, 4.69) is 9.36 Å². The van der Waals surface area contributed by atoms with Crippen molar-refractivity contribution in [1.82, 2.24) is 9.36 Å². The molecule has 0 saturated carbocycles. The van der Waals surface area contributed by atoms with Crippen LogP contribution in [0.3, 0.4) is 0 Å². The minimum atomic E-state index is -0.592. The molecule has 0 amide bonds. The molecule has 0 radical (unpaired) electrons. The van der Waals surface area contributed by atoms with E-state index in [0.717, 1.165) is 17.6 Å². The summed E-state index contributed by atoms with van der Waals surface area (Å²) in [6.45, 7) is 7.35. The van der Waals surface area contributed by atoms with Gasteiger partial charge in [-0.25, -0.2) is 4.39 Å². The fourth-order valence-electron chi connectivity index (χ4n) is 1.45. The highest BCUT2D eigenvalue weighted by Gasteiger charge is 2.20. The number of carbonyl (C=O) groups is 1. The van der Waals surface area contributed by atoms with Gasteiger partial charge in [0.15, 0.2) is 23.2 Å². The van der Waals surface area contributed by atoms with E-state index in [4.69, 9.17) is 4.74 Å². The van der Waals surface area contributed by atoms with E-state index in [1.807, 2.05) is 20.8 Å². The lowest BCUT2D eigenvalue weighted by atomic mass is 9.96. The smallest absolute Gasteiger partial charge is 0.298 e. The Hall–Kier alpha value is -1.82. The zero-order valence-electron chi connectivity index (χ0n) is 11.7. The van der Waals surface area contributed by atoms with Crippen LogP contribution in [0.25, 0.3) is 0 Å². The highest BCUT2D eigenvalue weighted by Crippen LogP contribution is 2.29. The van der Waals surface area contributed by atoms with E-state index in [0.29, 0.717) is 11.4 Å². The standard InChI is InChI=1S/C14H15FN2O2S/c1-8(18)9-5-6-11(10(15)7-9)19-13-16-12(17-20-13)14(2,3)4/h5-7H,1-4H3. The molecular formula is C14H15FN2O2S. The first-order valence-corrected chi connectivity index (χ1v) is 6.87. The second kappa shape index (κ2) is 5.28. The van der Waals surface area contributed by atoms with E-state index < -0.39 is 5.82 Å². The van der Waals surface area contributed by atoms with Crippen molar-refractivity contribution in [3.05, 3.63) is 35.4 Å². The molecule has 1 aromatic carbocycles. The van der Waals surface area contributed by atoms with Gasteiger partial charge in [-0.05, 0) is 25.1 Å². The zero-order valence-corrected chi connectivity index (χ0v) is 12.5. The molecule has 0 saturated heterocycles. The monoisotopic (exact) mass is 294 g/mol. The Bertz CT molecular complexity index is 647. The number of hydrogen-bond acceptors (Lipinski definition) is 5. The predicted octanol–water partition coefficient (Wildman–Crippen LogP) is 3.97. The van der Waals surface area contributed by atoms with Crippen molar-refractivity contribution in [3.8, 4) is 10.9 Å². The maximum atomic E-state index is 13.8. The van der Waals surface area contributed by atoms with Crippen molar-refractivity contribution in [1.29, 1.82) is 0 Å². The SMILES string of the molecule is CC(=O)c1ccc(Oc2nc(C(C)(C)C)ns2)c(F)c1. The molecule has 2 aromatic rings. The van der Waals surface area contributed by atoms with E-state index in [1.165, 1.54) is 19.1 Å². The number of aromatic nitrogens is 2. The molecule has 1 heterocycles. The Kier molecular flexibility index (Phi) is 3.85. The molecule has 0 fully saturated rings. The van der Waals surface area contributed by atoms with Crippen molar-refractivity contribution >= 4 is 17.3 Å². The molecule has 0 unspecified atom stereocenters. The number of ketones is 1. The molecule has 1 aromatic heterocycles. The highest BCUT2D eigenvalue weighted by atomic mass is 32.1. The largest absolute Gasteiger partial charge is 0.427 e. The molecule has 0 atom stereocenters. The maximum absolute atomic E-state index is 13.8. The first-order valence-electron chi connectivity index (χ1n) is 6.10. The predicted molar refractivity (Wildman–Crippen MR) is 75.1 cm³/mol. The van der Waals surface area contributed by atoms with Gasteiger partial charge < -0.3 is 4.74 Å². The number of halogens is 1. The molecule has 0 spiro atoms. The van der Waals surface area contributed by atoms with Crippen LogP contribution in [-0.4, -0.2) is 15.1 Å². The maximum Gasteiger partial charge on any atom is 0.298 e. The van der Waals surface area contributed by atoms with Crippen LogP contribution in [0.2, 0.25) is 0 Å². The van der Waals surface area contributed by atoms with Gasteiger partial charge >= 0.3 is 0 Å². The van der Waals surface area contributed by atoms with E-state index >= 15 is 0 Å². The second-order valence-corrected chi connectivity index (χ2v) is 6.15. The Morgan fingerprint density at radius 1 is 1.35 bits per heavy atom. The summed E-state index contributed by atoms with van der Waals surface area (Å²) >= 11 is 1.07. The molecule has 2 rings (SSSR count). The third kappa shape index (κ3) is 3.19. The summed E-state index contributed by atoms with van der Waals surface area (Å²) in [5.41, 5.74) is 0.122. The van der Waals surface area contributed by atoms with E-state index in [-0.39, 0.29) is 22.1 Å². The van der Waals surface area contributed by atoms with Crippen molar-refractivity contribution in [2.45, 2.75) is 33.1 Å². The Morgan fingerprint density at radius 3 is 2.55 bits per heavy atom. The van der Waals surface area contributed by atoms with Crippen LogP contribution in [0, 0.1) is 5.82 Å². The summed E-state index contributed by atoms with van der Waals surface area (Å²) in [4.78, 5) is 15.4. The van der Waals surface area contributed by atoms with E-state index in [9.17, 15) is 9.18 Å². The third-order valence-electron chi connectivity index (χ3n) is 2.61. The summed E-state index contributed by atoms with van der Waals surface area (Å²) in [6, 6.07) is 4.10. The average Bonchev–Trinajstić information content (AvgIpc) is 2.80. The van der Waals surface area contributed by atoms with Crippen molar-refractivity contribution < 1.29 is 13.9 Å². The number of rotatable bonds is 3. The van der Waals surface area contributed by atoms with Crippen LogP contribution in [0.15, 0.2) is 18.2 Å². The van der Waals surface area contributed by atoms with Crippen molar-refractivity contribution in [2.24, 2.45) is 0 Å². The van der Waals surface area contributed by atoms with Gasteiger partial charge in [0.05, 0.1) is 0 Å². The Morgan fingerprint density at radius 2 is 2.05 bits per heavy atom. The van der Waals surface area contributed by atoms with Crippen molar-refractivity contribution in [3.63, 3.8) is 0 Å². The third-order valence-corrected chi connectivity index (χ3v) is 3.21. The van der Waals surface area contributed by atoms with Crippen LogP contribution in [0.5, 0.6) is 10.9 Å². The lowest BCUT2D eigenvalue weighted by molar-refractivity contribution is 0.101. The molecule has 0 bridgehead atoms. The fraction of sp³-hybridized carbons (Fsp3) is 0.357. The van der Waals surface area contributed by atoms with Gasteiger partial charge in [0.2, 0.25) is 0 Å². The van der Waals surface area contributed by atoms with Gasteiger partial charge in [0.25, 0.3) is 5.19 Å². The van der Waals surface area contributed by atoms with Gasteiger partial charge in [0.1, 0.15) is 0 Å². The van der Waals surface area contributed by atoms with Crippen LogP contribution in [-0.2, 0) is 5.41 Å². The normalized spacial score (nSPS) is 11.4. The first kappa shape index (κ1) is 14.6. The number of Topliss-reactive ketones (excluding diaryl/α,β-unsaturated/α-hetero) is 1. The second-order valence-electron chi connectivity index (χ2n) is 5.44. The molecule has 0 aliphatic rings. The fourth-order valence-corrected chi connectivity index (χ4v) is 2.19. The molecule has 6 heteroatoms. The number of hydrogen-bond donors (Lipinski definition) is 0. The topological polar surface area (TPSA) is 52.1 Å². The summed E-state index contributed by atoms with van der Waals surface area (Å²) in [5, 5.41) is 0.282. The Balaban J connectivity index is 2.22. The summed E-state index contributed by atoms with van der Waals surface area (Å²) in [7, 11) is 0. The van der Waals surface area contributed by atoms with Crippen LogP contribution >= 0.6 is 11.5 Å². The number of nitrogens with zero attached hydrogens (tertiary/aromatic N) is 2. The number of carbonyl (C=O) groups excluding carboxylic acids is 1. The van der Waals surface area contributed by atoms with Crippen LogP contribution in [0.1, 0.15) is 43.9 Å². The lowest BCUT2D eigenvalue weighted by Crippen LogP contribution is -2.12. The quantitative estimate of drug-likeness (QED) is 0.804. The van der Waals surface area contributed by atoms with Crippen LogP contribution < -0.4 is 4.74 Å². The highest BCUT2D eigenvalue weighted by molar-refractivity contribution is 7.07. The van der Waals surface area contributed by atoms with Gasteiger partial charge in [-0.15, -0.1) is 0 Å². The molecule has 20 heavy (non-hydrogen) atoms. The van der Waals surface area contributed by atoms with Gasteiger partial charge in [0, 0.05) is 22.5 Å². The first-order chi connectivity index (χ1) is 9.27. The molecular weight excluding hydrogens is 279 g/mol. The lowest BCUT2D eigenvalue weighted by Gasteiger charge is -2.12. The molecule has 4 nitrogen and oxygen atoms in total. The van der Waals surface area contributed by atoms with Gasteiger partial charge in [-0.3, -0.25) is 4.79 Å². The minimum Gasteiger partial charge on any atom is -0.427 e.